The molecule has 0 radical (unpaired) electrons. The number of Topliss-reactive ketones (excluding diaryl/α,β-unsaturated/α-hetero) is 2. The quantitative estimate of drug-likeness (QED) is 0.0835. The Kier molecular flexibility index (Phi) is 11.9. The van der Waals surface area contributed by atoms with Crippen LogP contribution in [0.4, 0.5) is 0 Å². The van der Waals surface area contributed by atoms with Crippen molar-refractivity contribution in [3.63, 3.8) is 0 Å². The third-order valence-electron chi connectivity index (χ3n) is 5.12. The van der Waals surface area contributed by atoms with E-state index < -0.39 is 0 Å². The number of nitrogens with one attached hydrogen (secondary N) is 1. The van der Waals surface area contributed by atoms with Crippen LogP contribution in [0, 0.1) is 0 Å². The molecule has 0 amide bonds. The van der Waals surface area contributed by atoms with Gasteiger partial charge in [0.1, 0.15) is 20.6 Å². The summed E-state index contributed by atoms with van der Waals surface area (Å²) in [6.45, 7) is 0. The molecule has 40 heavy (non-hydrogen) atoms. The Morgan fingerprint density at radius 1 is 0.850 bits per heavy atom. The van der Waals surface area contributed by atoms with Gasteiger partial charge in [-0.05, 0) is 93.5 Å². The maximum absolute atomic E-state index is 11.9. The van der Waals surface area contributed by atoms with Crippen molar-refractivity contribution in [1.82, 2.24) is 35.1 Å². The minimum absolute atomic E-state index is 0.199. The van der Waals surface area contributed by atoms with E-state index in [4.69, 9.17) is 0 Å². The minimum Gasteiger partial charge on any atom is -0.294 e. The van der Waals surface area contributed by atoms with Crippen LogP contribution in [-0.2, 0) is 7.05 Å². The zero-order chi connectivity index (χ0) is 28.9. The number of carbonyl (C=O) groups excluding carboxylic acids is 2. The second-order valence-corrected chi connectivity index (χ2v) is 9.65. The van der Waals surface area contributed by atoms with Crippen LogP contribution in [0.15, 0.2) is 101 Å². The lowest BCUT2D eigenvalue weighted by molar-refractivity contribution is 0.0891. The second kappa shape index (κ2) is 15.6. The van der Waals surface area contributed by atoms with Crippen molar-refractivity contribution in [2.75, 3.05) is 7.05 Å². The fourth-order valence-electron chi connectivity index (χ4n) is 3.36. The summed E-state index contributed by atoms with van der Waals surface area (Å²) < 4.78 is 3.22. The van der Waals surface area contributed by atoms with E-state index in [-0.39, 0.29) is 23.7 Å². The van der Waals surface area contributed by atoms with Crippen LogP contribution in [0.5, 0.6) is 0 Å². The molecular weight excluding hydrogens is 640 g/mol. The molecule has 0 aromatic carbocycles. The van der Waals surface area contributed by atoms with Gasteiger partial charge in [0.25, 0.3) is 0 Å². The number of rotatable bonds is 6. The summed E-state index contributed by atoms with van der Waals surface area (Å²) in [4.78, 5) is 40.1. The molecule has 5 aromatic rings. The van der Waals surface area contributed by atoms with Crippen LogP contribution < -0.4 is 11.3 Å². The van der Waals surface area contributed by atoms with Crippen molar-refractivity contribution in [1.29, 1.82) is 0 Å². The summed E-state index contributed by atoms with van der Waals surface area (Å²) >= 11 is 6.56. The number of halogens is 2. The van der Waals surface area contributed by atoms with Gasteiger partial charge in [0.15, 0.2) is 11.6 Å². The van der Waals surface area contributed by atoms with E-state index in [1.54, 1.807) is 49.8 Å². The smallest absolute Gasteiger partial charge is 0.188 e. The van der Waals surface area contributed by atoms with Gasteiger partial charge >= 0.3 is 0 Å². The fourth-order valence-corrected chi connectivity index (χ4v) is 4.04. The number of aryl methyl sites for hydroxylation is 1. The van der Waals surface area contributed by atoms with Gasteiger partial charge in [-0.2, -0.15) is 5.10 Å². The SMILES string of the molecule is CNN.Cn1nc(-c2cccc(Br)n2)cc1-c1cccnc1.O=C(CC(=O)c1cccc(Br)n1)c1cccnc1. The van der Waals surface area contributed by atoms with Crippen molar-refractivity contribution in [3.05, 3.63) is 112 Å². The summed E-state index contributed by atoms with van der Waals surface area (Å²) in [6, 6.07) is 20.1. The highest BCUT2D eigenvalue weighted by molar-refractivity contribution is 9.10. The lowest BCUT2D eigenvalue weighted by Crippen LogP contribution is -2.13. The van der Waals surface area contributed by atoms with E-state index in [1.165, 1.54) is 6.20 Å². The van der Waals surface area contributed by atoms with Crippen molar-refractivity contribution < 1.29 is 9.59 Å². The van der Waals surface area contributed by atoms with E-state index >= 15 is 0 Å². The van der Waals surface area contributed by atoms with Gasteiger partial charge in [-0.15, -0.1) is 0 Å². The Labute approximate surface area is 248 Å². The fraction of sp³-hybridized carbons (Fsp3) is 0.107. The molecule has 3 N–H and O–H groups in total. The van der Waals surface area contributed by atoms with Crippen molar-refractivity contribution >= 4 is 43.4 Å². The number of hydrazine groups is 1. The molecule has 0 fully saturated rings. The summed E-state index contributed by atoms with van der Waals surface area (Å²) in [6.07, 6.45) is 6.42. The van der Waals surface area contributed by atoms with Gasteiger partial charge in [-0.25, -0.2) is 9.97 Å². The third-order valence-corrected chi connectivity index (χ3v) is 6.00. The Balaban J connectivity index is 0.000000201. The highest BCUT2D eigenvalue weighted by Gasteiger charge is 2.15. The molecule has 10 nitrogen and oxygen atoms in total. The van der Waals surface area contributed by atoms with Gasteiger partial charge in [-0.3, -0.25) is 35.5 Å². The largest absolute Gasteiger partial charge is 0.294 e. The second-order valence-electron chi connectivity index (χ2n) is 8.02. The molecule has 204 valence electrons. The molecule has 0 aliphatic carbocycles. The average Bonchev–Trinajstić information content (AvgIpc) is 3.36. The van der Waals surface area contributed by atoms with Gasteiger partial charge in [0.2, 0.25) is 0 Å². The Morgan fingerprint density at radius 3 is 2.10 bits per heavy atom. The number of hydrogen-bond acceptors (Lipinski definition) is 9. The van der Waals surface area contributed by atoms with Crippen molar-refractivity contribution in [2.45, 2.75) is 6.42 Å². The highest BCUT2D eigenvalue weighted by Crippen LogP contribution is 2.24. The number of aromatic nitrogens is 6. The molecule has 0 aliphatic rings. The van der Waals surface area contributed by atoms with Crippen LogP contribution in [0.2, 0.25) is 0 Å². The average molecular weight is 666 g/mol. The number of nitrogens with zero attached hydrogens (tertiary/aromatic N) is 6. The maximum atomic E-state index is 11.9. The topological polar surface area (TPSA) is 142 Å². The summed E-state index contributed by atoms with van der Waals surface area (Å²) in [5.41, 5.74) is 6.72. The first-order chi connectivity index (χ1) is 19.3. The molecule has 0 aliphatic heterocycles. The maximum Gasteiger partial charge on any atom is 0.188 e. The standard InChI is InChI=1S/C14H11BrN4.C13H9BrN2O2.CH6N2/c1-19-13(10-4-3-7-16-9-10)8-12(18-19)11-5-2-6-14(15)17-11;14-13-5-1-4-10(16-13)12(18)7-11(17)9-3-2-6-15-8-9;1-3-2/h2-9H,1H3;1-6,8H,7H2;3H,2H2,1H3. The first kappa shape index (κ1) is 30.6. The monoisotopic (exact) mass is 664 g/mol. The molecule has 0 spiro atoms. The van der Waals surface area contributed by atoms with Gasteiger partial charge in [-0.1, -0.05) is 12.1 Å². The predicted octanol–water partition coefficient (Wildman–Crippen LogP) is 5.08. The number of ketones is 2. The van der Waals surface area contributed by atoms with E-state index in [0.717, 1.165) is 27.2 Å². The Hall–Kier alpha value is -3.97. The van der Waals surface area contributed by atoms with Crippen molar-refractivity contribution in [2.24, 2.45) is 12.9 Å². The van der Waals surface area contributed by atoms with E-state index in [0.29, 0.717) is 10.2 Å². The Bertz CT molecular complexity index is 1550. The van der Waals surface area contributed by atoms with Crippen LogP contribution >= 0.6 is 31.9 Å². The molecule has 0 atom stereocenters. The molecule has 0 saturated carbocycles. The lowest BCUT2D eigenvalue weighted by atomic mass is 10.1. The molecule has 5 aromatic heterocycles. The van der Waals surface area contributed by atoms with E-state index in [9.17, 15) is 9.59 Å². The molecule has 0 bridgehead atoms. The number of hydrogen-bond donors (Lipinski definition) is 2. The van der Waals surface area contributed by atoms with Gasteiger partial charge in [0.05, 0.1) is 17.8 Å². The zero-order valence-electron chi connectivity index (χ0n) is 21.7. The first-order valence-corrected chi connectivity index (χ1v) is 13.4. The zero-order valence-corrected chi connectivity index (χ0v) is 24.9. The minimum atomic E-state index is -0.301. The summed E-state index contributed by atoms with van der Waals surface area (Å²) in [5, 5.41) is 4.50. The summed E-state index contributed by atoms with van der Waals surface area (Å²) in [5.74, 6) is 4.04. The molecular formula is C28H26Br2N8O2. The first-order valence-electron chi connectivity index (χ1n) is 11.9. The highest BCUT2D eigenvalue weighted by atomic mass is 79.9. The molecule has 5 heterocycles. The van der Waals surface area contributed by atoms with E-state index in [1.807, 2.05) is 54.3 Å². The molecule has 12 heteroatoms. The van der Waals surface area contributed by atoms with Crippen LogP contribution in [0.1, 0.15) is 27.3 Å². The lowest BCUT2D eigenvalue weighted by Gasteiger charge is -2.00. The molecule has 0 unspecified atom stereocenters. The Morgan fingerprint density at radius 2 is 1.50 bits per heavy atom. The third kappa shape index (κ3) is 9.06. The van der Waals surface area contributed by atoms with Crippen LogP contribution in [0.25, 0.3) is 22.6 Å². The van der Waals surface area contributed by atoms with E-state index in [2.05, 4.69) is 68.2 Å². The van der Waals surface area contributed by atoms with Crippen LogP contribution in [-0.4, -0.2) is 48.3 Å². The normalized spacial score (nSPS) is 10.0. The van der Waals surface area contributed by atoms with Gasteiger partial charge in [0, 0.05) is 43.0 Å². The summed E-state index contributed by atoms with van der Waals surface area (Å²) in [7, 11) is 3.57. The van der Waals surface area contributed by atoms with Crippen LogP contribution in [0.3, 0.4) is 0 Å². The molecule has 5 rings (SSSR count). The number of nitrogens with two attached hydrogens (primary N) is 1. The van der Waals surface area contributed by atoms with Gasteiger partial charge < -0.3 is 0 Å². The number of carbonyl (C=O) groups is 2. The predicted molar refractivity (Wildman–Crippen MR) is 160 cm³/mol. The number of pyridine rings is 4. The molecule has 0 saturated heterocycles. The van der Waals surface area contributed by atoms with Crippen molar-refractivity contribution in [3.8, 4) is 22.6 Å².